The lowest BCUT2D eigenvalue weighted by atomic mass is 10.1. The molecule has 0 saturated carbocycles. The predicted molar refractivity (Wildman–Crippen MR) is 116 cm³/mol. The number of hydrogen-bond acceptors (Lipinski definition) is 7. The number of aliphatic hydroxyl groups excluding tert-OH is 1. The molecule has 0 spiro atoms. The molecular formula is C21H23N3O5S. The van der Waals surface area contributed by atoms with Crippen LogP contribution in [0.3, 0.4) is 0 Å². The maximum Gasteiger partial charge on any atom is 0.258 e. The number of hydrogen-bond donors (Lipinski definition) is 3. The quantitative estimate of drug-likeness (QED) is 0.477. The van der Waals surface area contributed by atoms with Crippen molar-refractivity contribution < 1.29 is 19.4 Å². The fourth-order valence-corrected chi connectivity index (χ4v) is 3.60. The fraction of sp³-hybridized carbons (Fsp3) is 0.286. The molecule has 0 fully saturated rings. The van der Waals surface area contributed by atoms with E-state index in [4.69, 9.17) is 9.47 Å². The molecule has 0 aliphatic heterocycles. The van der Waals surface area contributed by atoms with Crippen molar-refractivity contribution >= 4 is 28.6 Å². The Morgan fingerprint density at radius 2 is 1.90 bits per heavy atom. The lowest BCUT2D eigenvalue weighted by Crippen LogP contribution is -2.29. The van der Waals surface area contributed by atoms with Gasteiger partial charge in [-0.25, -0.2) is 4.98 Å². The van der Waals surface area contributed by atoms with Crippen molar-refractivity contribution in [2.45, 2.75) is 11.9 Å². The second-order valence-electron chi connectivity index (χ2n) is 6.46. The van der Waals surface area contributed by atoms with Crippen molar-refractivity contribution in [3.8, 4) is 11.5 Å². The van der Waals surface area contributed by atoms with E-state index in [0.717, 1.165) is 5.56 Å². The van der Waals surface area contributed by atoms with Crippen LogP contribution >= 0.6 is 11.8 Å². The maximum absolute atomic E-state index is 12.4. The number of ether oxygens (including phenoxy) is 2. The highest BCUT2D eigenvalue weighted by atomic mass is 32.2. The Hall–Kier alpha value is -3.04. The van der Waals surface area contributed by atoms with Gasteiger partial charge in [0.05, 0.1) is 42.7 Å². The zero-order chi connectivity index (χ0) is 21.5. The summed E-state index contributed by atoms with van der Waals surface area (Å²) in [5.74, 6) is 1.72. The Bertz CT molecular complexity index is 1070. The number of nitrogens with zero attached hydrogens (tertiary/aromatic N) is 1. The van der Waals surface area contributed by atoms with Crippen LogP contribution in [0.5, 0.6) is 11.5 Å². The zero-order valence-electron chi connectivity index (χ0n) is 16.7. The molecule has 0 aliphatic rings. The van der Waals surface area contributed by atoms with Gasteiger partial charge in [-0.1, -0.05) is 30.3 Å². The standard InChI is InChI=1S/C21H23N3O5S/c1-28-17-8-14-15(9-18(17)29-2)23-19(24-21(14)27)11-30-12-20(26)22-10-16(25)13-6-4-3-5-7-13/h3-9,16,25H,10-12H2,1-2H3,(H,22,26)(H,23,24,27)/t16-/m1/s1. The van der Waals surface area contributed by atoms with Crippen LogP contribution < -0.4 is 20.3 Å². The summed E-state index contributed by atoms with van der Waals surface area (Å²) in [6.45, 7) is 0.135. The zero-order valence-corrected chi connectivity index (χ0v) is 17.5. The van der Waals surface area contributed by atoms with E-state index in [9.17, 15) is 14.7 Å². The van der Waals surface area contributed by atoms with Gasteiger partial charge in [0, 0.05) is 12.6 Å². The highest BCUT2D eigenvalue weighted by Gasteiger charge is 2.12. The summed E-state index contributed by atoms with van der Waals surface area (Å²) in [4.78, 5) is 31.6. The van der Waals surface area contributed by atoms with Gasteiger partial charge in [0.2, 0.25) is 5.91 Å². The van der Waals surface area contributed by atoms with Gasteiger partial charge in [-0.3, -0.25) is 9.59 Å². The Labute approximate surface area is 177 Å². The molecule has 0 radical (unpaired) electrons. The molecule has 3 aromatic rings. The summed E-state index contributed by atoms with van der Waals surface area (Å²) in [5.41, 5.74) is 0.949. The number of thioether (sulfide) groups is 1. The predicted octanol–water partition coefficient (Wildman–Crippen LogP) is 2.02. The summed E-state index contributed by atoms with van der Waals surface area (Å²) in [6.07, 6.45) is -0.759. The summed E-state index contributed by atoms with van der Waals surface area (Å²) < 4.78 is 10.5. The molecule has 8 nitrogen and oxygen atoms in total. The molecule has 0 aliphatic carbocycles. The number of aliphatic hydroxyl groups is 1. The Morgan fingerprint density at radius 1 is 1.20 bits per heavy atom. The van der Waals surface area contributed by atoms with Crippen molar-refractivity contribution in [1.29, 1.82) is 0 Å². The van der Waals surface area contributed by atoms with Gasteiger partial charge in [-0.15, -0.1) is 11.8 Å². The second kappa shape index (κ2) is 10.1. The van der Waals surface area contributed by atoms with Gasteiger partial charge in [0.15, 0.2) is 11.5 Å². The molecule has 1 atom stereocenters. The van der Waals surface area contributed by atoms with E-state index in [2.05, 4.69) is 15.3 Å². The van der Waals surface area contributed by atoms with Gasteiger partial charge in [0.25, 0.3) is 5.56 Å². The van der Waals surface area contributed by atoms with Crippen molar-refractivity contribution in [3.05, 3.63) is 64.2 Å². The lowest BCUT2D eigenvalue weighted by Gasteiger charge is -2.12. The third-order valence-electron chi connectivity index (χ3n) is 4.41. The van der Waals surface area contributed by atoms with E-state index in [0.29, 0.717) is 34.0 Å². The number of aromatic amines is 1. The van der Waals surface area contributed by atoms with Crippen LogP contribution in [-0.2, 0) is 10.5 Å². The number of H-pyrrole nitrogens is 1. The normalized spacial score (nSPS) is 11.8. The first kappa shape index (κ1) is 21.7. The van der Waals surface area contributed by atoms with Crippen molar-refractivity contribution in [2.75, 3.05) is 26.5 Å². The molecule has 0 unspecified atom stereocenters. The van der Waals surface area contributed by atoms with E-state index in [1.165, 1.54) is 26.0 Å². The number of aromatic nitrogens is 2. The first-order chi connectivity index (χ1) is 14.5. The average molecular weight is 429 g/mol. The minimum atomic E-state index is -0.759. The Balaban J connectivity index is 1.56. The molecule has 1 heterocycles. The van der Waals surface area contributed by atoms with Crippen LogP contribution in [0.4, 0.5) is 0 Å². The molecule has 9 heteroatoms. The molecular weight excluding hydrogens is 406 g/mol. The van der Waals surface area contributed by atoms with Gasteiger partial charge < -0.3 is 24.9 Å². The van der Waals surface area contributed by atoms with E-state index in [1.807, 2.05) is 18.2 Å². The van der Waals surface area contributed by atoms with E-state index < -0.39 is 6.10 Å². The Morgan fingerprint density at radius 3 is 2.60 bits per heavy atom. The Kier molecular flexibility index (Phi) is 7.31. The summed E-state index contributed by atoms with van der Waals surface area (Å²) >= 11 is 1.31. The average Bonchev–Trinajstić information content (AvgIpc) is 2.77. The number of amides is 1. The summed E-state index contributed by atoms with van der Waals surface area (Å²) in [6, 6.07) is 12.4. The van der Waals surface area contributed by atoms with Crippen molar-refractivity contribution in [1.82, 2.24) is 15.3 Å². The number of carbonyl (C=O) groups is 1. The third-order valence-corrected chi connectivity index (χ3v) is 5.35. The maximum atomic E-state index is 12.4. The molecule has 3 rings (SSSR count). The molecule has 2 aromatic carbocycles. The van der Waals surface area contributed by atoms with Gasteiger partial charge in [-0.2, -0.15) is 0 Å². The summed E-state index contributed by atoms with van der Waals surface area (Å²) in [5, 5.41) is 13.2. The molecule has 0 saturated heterocycles. The van der Waals surface area contributed by atoms with E-state index in [1.54, 1.807) is 24.3 Å². The number of fused-ring (bicyclic) bond motifs is 1. The molecule has 3 N–H and O–H groups in total. The molecule has 1 amide bonds. The lowest BCUT2D eigenvalue weighted by molar-refractivity contribution is -0.119. The number of methoxy groups -OCH3 is 2. The number of rotatable bonds is 9. The van der Waals surface area contributed by atoms with Crippen LogP contribution in [0, 0.1) is 0 Å². The highest BCUT2D eigenvalue weighted by molar-refractivity contribution is 7.99. The molecule has 1 aromatic heterocycles. The summed E-state index contributed by atoms with van der Waals surface area (Å²) in [7, 11) is 3.02. The van der Waals surface area contributed by atoms with Gasteiger partial charge >= 0.3 is 0 Å². The van der Waals surface area contributed by atoms with Crippen LogP contribution in [0.2, 0.25) is 0 Å². The number of carbonyl (C=O) groups excluding carboxylic acids is 1. The smallest absolute Gasteiger partial charge is 0.258 e. The molecule has 30 heavy (non-hydrogen) atoms. The van der Waals surface area contributed by atoms with E-state index in [-0.39, 0.29) is 23.8 Å². The van der Waals surface area contributed by atoms with Crippen LogP contribution in [-0.4, -0.2) is 47.5 Å². The van der Waals surface area contributed by atoms with Crippen molar-refractivity contribution in [2.24, 2.45) is 0 Å². The number of benzene rings is 2. The fourth-order valence-electron chi connectivity index (χ4n) is 2.88. The first-order valence-corrected chi connectivity index (χ1v) is 10.4. The second-order valence-corrected chi connectivity index (χ2v) is 7.45. The molecule has 158 valence electrons. The monoisotopic (exact) mass is 429 g/mol. The van der Waals surface area contributed by atoms with Gasteiger partial charge in [-0.05, 0) is 11.6 Å². The van der Waals surface area contributed by atoms with Crippen LogP contribution in [0.15, 0.2) is 47.3 Å². The van der Waals surface area contributed by atoms with Crippen molar-refractivity contribution in [3.63, 3.8) is 0 Å². The minimum Gasteiger partial charge on any atom is -0.493 e. The topological polar surface area (TPSA) is 114 Å². The first-order valence-electron chi connectivity index (χ1n) is 9.24. The number of nitrogens with one attached hydrogen (secondary N) is 2. The van der Waals surface area contributed by atoms with Gasteiger partial charge in [0.1, 0.15) is 5.82 Å². The highest BCUT2D eigenvalue weighted by Crippen LogP contribution is 2.30. The minimum absolute atomic E-state index is 0.135. The largest absolute Gasteiger partial charge is 0.493 e. The van der Waals surface area contributed by atoms with E-state index >= 15 is 0 Å². The van der Waals surface area contributed by atoms with Crippen LogP contribution in [0.25, 0.3) is 10.9 Å². The van der Waals surface area contributed by atoms with Crippen LogP contribution in [0.1, 0.15) is 17.5 Å². The SMILES string of the molecule is COc1cc2nc(CSCC(=O)NC[C@@H](O)c3ccccc3)[nH]c(=O)c2cc1OC. The third kappa shape index (κ3) is 5.31. The molecule has 0 bridgehead atoms.